The van der Waals surface area contributed by atoms with Gasteiger partial charge in [-0.05, 0) is 56.3 Å². The molecule has 1 aromatic rings. The van der Waals surface area contributed by atoms with Gasteiger partial charge in [0.05, 0.1) is 0 Å². The number of fused-ring (bicyclic) bond motifs is 1. The summed E-state index contributed by atoms with van der Waals surface area (Å²) in [7, 11) is 2.34. The predicted molar refractivity (Wildman–Crippen MR) is 74.8 cm³/mol. The van der Waals surface area contributed by atoms with Gasteiger partial charge in [-0.1, -0.05) is 37.1 Å². The van der Waals surface area contributed by atoms with Crippen molar-refractivity contribution < 1.29 is 0 Å². The maximum absolute atomic E-state index is 2.64. The van der Waals surface area contributed by atoms with E-state index >= 15 is 0 Å². The van der Waals surface area contributed by atoms with Gasteiger partial charge in [0.2, 0.25) is 0 Å². The molecule has 96 valence electrons. The lowest BCUT2D eigenvalue weighted by atomic mass is 9.52. The first kappa shape index (κ1) is 11.0. The Bertz CT molecular complexity index is 466. The maximum atomic E-state index is 2.64. The zero-order chi connectivity index (χ0) is 12.2. The molecular formula is C17H23N. The number of benzene rings is 1. The molecule has 1 aliphatic heterocycles. The normalized spacial score (nSPS) is 38.9. The molecule has 0 amide bonds. The van der Waals surface area contributed by atoms with Gasteiger partial charge in [0.25, 0.3) is 0 Å². The summed E-state index contributed by atoms with van der Waals surface area (Å²) < 4.78 is 0. The van der Waals surface area contributed by atoms with Crippen molar-refractivity contribution in [2.24, 2.45) is 5.92 Å². The molecule has 2 bridgehead atoms. The van der Waals surface area contributed by atoms with Crippen molar-refractivity contribution in [3.05, 3.63) is 35.4 Å². The van der Waals surface area contributed by atoms with Crippen LogP contribution < -0.4 is 0 Å². The van der Waals surface area contributed by atoms with Crippen LogP contribution in [0.2, 0.25) is 0 Å². The lowest BCUT2D eigenvalue weighted by molar-refractivity contribution is 0.00286. The molecule has 0 radical (unpaired) electrons. The summed E-state index contributed by atoms with van der Waals surface area (Å²) in [5, 5.41) is 0. The van der Waals surface area contributed by atoms with Crippen LogP contribution in [0, 0.1) is 5.92 Å². The van der Waals surface area contributed by atoms with Crippen molar-refractivity contribution in [3.63, 3.8) is 0 Å². The van der Waals surface area contributed by atoms with Gasteiger partial charge in [-0.3, -0.25) is 0 Å². The lowest BCUT2D eigenvalue weighted by Crippen LogP contribution is -2.59. The van der Waals surface area contributed by atoms with Crippen LogP contribution in [-0.4, -0.2) is 24.5 Å². The Morgan fingerprint density at radius 1 is 1.17 bits per heavy atom. The number of likely N-dealkylation sites (tertiary alicyclic amines) is 1. The molecule has 0 spiro atoms. The monoisotopic (exact) mass is 241 g/mol. The molecule has 1 aromatic carbocycles. The molecule has 4 rings (SSSR count). The van der Waals surface area contributed by atoms with E-state index in [9.17, 15) is 0 Å². The smallest absolute Gasteiger partial charge is 0.0169 e. The standard InChI is InChI=1S/C17H23N/c1-18-11-10-17-9-5-4-8-15(17)16(18)12-13-6-2-3-7-14(13)17/h2-3,6-7,15-16H,4-5,8-12H2,1H3/t15-,16+,17-/m1/s1. The van der Waals surface area contributed by atoms with E-state index in [-0.39, 0.29) is 0 Å². The second-order valence-corrected chi connectivity index (χ2v) is 6.67. The molecule has 0 aromatic heterocycles. The summed E-state index contributed by atoms with van der Waals surface area (Å²) >= 11 is 0. The molecular weight excluding hydrogens is 218 g/mol. The average Bonchev–Trinajstić information content (AvgIpc) is 2.43. The predicted octanol–water partition coefficient (Wildman–Crippen LogP) is 3.37. The van der Waals surface area contributed by atoms with Crippen LogP contribution in [0.5, 0.6) is 0 Å². The summed E-state index contributed by atoms with van der Waals surface area (Å²) in [6.07, 6.45) is 8.49. The Balaban J connectivity index is 1.90. The second kappa shape index (κ2) is 3.84. The molecule has 3 atom stereocenters. The van der Waals surface area contributed by atoms with Gasteiger partial charge in [0.15, 0.2) is 0 Å². The largest absolute Gasteiger partial charge is 0.303 e. The number of rotatable bonds is 0. The highest BCUT2D eigenvalue weighted by Crippen LogP contribution is 2.55. The summed E-state index contributed by atoms with van der Waals surface area (Å²) in [6, 6.07) is 10.1. The van der Waals surface area contributed by atoms with Gasteiger partial charge >= 0.3 is 0 Å². The molecule has 2 fully saturated rings. The highest BCUT2D eigenvalue weighted by atomic mass is 15.1. The Labute approximate surface area is 110 Å². The van der Waals surface area contributed by atoms with Crippen LogP contribution in [0.4, 0.5) is 0 Å². The molecule has 1 heterocycles. The van der Waals surface area contributed by atoms with Crippen molar-refractivity contribution in [3.8, 4) is 0 Å². The number of likely N-dealkylation sites (N-methyl/N-ethyl adjacent to an activating group) is 1. The van der Waals surface area contributed by atoms with E-state index in [4.69, 9.17) is 0 Å². The third kappa shape index (κ3) is 1.31. The Hall–Kier alpha value is -0.820. The van der Waals surface area contributed by atoms with Crippen molar-refractivity contribution in [2.45, 2.75) is 50.0 Å². The molecule has 1 nitrogen and oxygen atoms in total. The molecule has 1 heteroatoms. The average molecular weight is 241 g/mol. The molecule has 18 heavy (non-hydrogen) atoms. The van der Waals surface area contributed by atoms with E-state index in [0.717, 1.165) is 12.0 Å². The topological polar surface area (TPSA) is 3.24 Å². The number of nitrogens with zero attached hydrogens (tertiary/aromatic N) is 1. The molecule has 0 unspecified atom stereocenters. The first-order valence-electron chi connectivity index (χ1n) is 7.60. The van der Waals surface area contributed by atoms with Crippen molar-refractivity contribution in [1.82, 2.24) is 4.90 Å². The van der Waals surface area contributed by atoms with Crippen LogP contribution in [0.1, 0.15) is 43.2 Å². The third-order valence-corrected chi connectivity index (χ3v) is 6.02. The Morgan fingerprint density at radius 2 is 2.06 bits per heavy atom. The number of hydrogen-bond donors (Lipinski definition) is 0. The van der Waals surface area contributed by atoms with Crippen molar-refractivity contribution in [2.75, 3.05) is 13.6 Å². The second-order valence-electron chi connectivity index (χ2n) is 6.67. The van der Waals surface area contributed by atoms with Gasteiger partial charge in [-0.2, -0.15) is 0 Å². The summed E-state index contributed by atoms with van der Waals surface area (Å²) in [5.41, 5.74) is 3.91. The summed E-state index contributed by atoms with van der Waals surface area (Å²) in [5.74, 6) is 0.930. The van der Waals surface area contributed by atoms with Crippen LogP contribution in [-0.2, 0) is 11.8 Å². The van der Waals surface area contributed by atoms with Gasteiger partial charge in [-0.25, -0.2) is 0 Å². The molecule has 2 aliphatic carbocycles. The van der Waals surface area contributed by atoms with Crippen molar-refractivity contribution >= 4 is 0 Å². The molecule has 0 N–H and O–H groups in total. The van der Waals surface area contributed by atoms with Gasteiger partial charge in [0, 0.05) is 11.5 Å². The molecule has 1 saturated heterocycles. The van der Waals surface area contributed by atoms with E-state index in [0.29, 0.717) is 5.41 Å². The van der Waals surface area contributed by atoms with Gasteiger partial charge in [0.1, 0.15) is 0 Å². The fourth-order valence-corrected chi connectivity index (χ4v) is 5.16. The maximum Gasteiger partial charge on any atom is 0.0169 e. The first-order valence-corrected chi connectivity index (χ1v) is 7.60. The third-order valence-electron chi connectivity index (χ3n) is 6.02. The van der Waals surface area contributed by atoms with Gasteiger partial charge < -0.3 is 4.90 Å². The zero-order valence-corrected chi connectivity index (χ0v) is 11.4. The van der Waals surface area contributed by atoms with Crippen molar-refractivity contribution in [1.29, 1.82) is 0 Å². The number of hydrogen-bond acceptors (Lipinski definition) is 1. The van der Waals surface area contributed by atoms with E-state index in [1.54, 1.807) is 11.1 Å². The number of piperidine rings is 1. The van der Waals surface area contributed by atoms with Crippen LogP contribution in [0.25, 0.3) is 0 Å². The highest BCUT2D eigenvalue weighted by Gasteiger charge is 2.52. The Morgan fingerprint density at radius 3 is 3.00 bits per heavy atom. The van der Waals surface area contributed by atoms with Crippen LogP contribution in [0.3, 0.4) is 0 Å². The van der Waals surface area contributed by atoms with E-state index < -0.39 is 0 Å². The zero-order valence-electron chi connectivity index (χ0n) is 11.4. The van der Waals surface area contributed by atoms with Gasteiger partial charge in [-0.15, -0.1) is 0 Å². The Kier molecular flexibility index (Phi) is 2.35. The minimum absolute atomic E-state index is 0.546. The fraction of sp³-hybridized carbons (Fsp3) is 0.647. The fourth-order valence-electron chi connectivity index (χ4n) is 5.16. The molecule has 3 aliphatic rings. The lowest BCUT2D eigenvalue weighted by Gasteiger charge is -2.58. The van der Waals surface area contributed by atoms with E-state index in [2.05, 4.69) is 36.2 Å². The molecule has 1 saturated carbocycles. The minimum atomic E-state index is 0.546. The minimum Gasteiger partial charge on any atom is -0.303 e. The summed E-state index contributed by atoms with van der Waals surface area (Å²) in [4.78, 5) is 2.64. The van der Waals surface area contributed by atoms with E-state index in [1.807, 2.05) is 0 Å². The highest BCUT2D eigenvalue weighted by molar-refractivity contribution is 5.41. The van der Waals surface area contributed by atoms with Crippen LogP contribution >= 0.6 is 0 Å². The van der Waals surface area contributed by atoms with Crippen LogP contribution in [0.15, 0.2) is 24.3 Å². The quantitative estimate of drug-likeness (QED) is 0.673. The SMILES string of the molecule is CN1CC[C@@]23CCCC[C@@H]2[C@@H]1Cc1ccccc13. The first-order chi connectivity index (χ1) is 8.81. The van der Waals surface area contributed by atoms with E-state index in [1.165, 1.54) is 45.1 Å². The summed E-state index contributed by atoms with van der Waals surface area (Å²) in [6.45, 7) is 1.30.